The molecule has 0 spiro atoms. The number of carbonyl (C=O) groups excluding carboxylic acids is 5. The van der Waals surface area contributed by atoms with Crippen LogP contribution in [-0.4, -0.2) is 64.3 Å². The zero-order valence-electron chi connectivity index (χ0n) is 16.9. The van der Waals surface area contributed by atoms with Gasteiger partial charge in [0.1, 0.15) is 12.1 Å². The number of aliphatic hydroxyl groups excluding tert-OH is 1. The molecule has 2 aromatic rings. The number of imide groups is 1. The minimum atomic E-state index is -1.50. The highest BCUT2D eigenvalue weighted by Gasteiger charge is 2.45. The van der Waals surface area contributed by atoms with E-state index in [0.717, 1.165) is 10.8 Å². The molecule has 0 aliphatic carbocycles. The first-order chi connectivity index (χ1) is 15.2. The SMILES string of the molecule is C[C@@H](C(=O)N[C@H]1CC(=O)OC1O)N1C(=O)NC(NC(=O)c2ccc3ccccc3c2)C1=O. The summed E-state index contributed by atoms with van der Waals surface area (Å²) in [6.07, 6.45) is -3.08. The number of hydrogen-bond acceptors (Lipinski definition) is 7. The highest BCUT2D eigenvalue weighted by molar-refractivity contribution is 6.09. The van der Waals surface area contributed by atoms with Crippen molar-refractivity contribution in [3.8, 4) is 0 Å². The number of cyclic esters (lactones) is 1. The number of nitrogens with one attached hydrogen (secondary N) is 3. The minimum absolute atomic E-state index is 0.232. The van der Waals surface area contributed by atoms with Gasteiger partial charge in [-0.05, 0) is 29.8 Å². The Morgan fingerprint density at radius 2 is 1.84 bits per heavy atom. The predicted molar refractivity (Wildman–Crippen MR) is 109 cm³/mol. The summed E-state index contributed by atoms with van der Waals surface area (Å²) in [6, 6.07) is 9.38. The molecule has 2 unspecified atom stereocenters. The smallest absolute Gasteiger partial charge is 0.326 e. The molecule has 0 aromatic heterocycles. The summed E-state index contributed by atoms with van der Waals surface area (Å²) in [5.41, 5.74) is 0.301. The van der Waals surface area contributed by atoms with Crippen molar-refractivity contribution in [2.24, 2.45) is 0 Å². The number of carbonyl (C=O) groups is 5. The van der Waals surface area contributed by atoms with Crippen LogP contribution in [0, 0.1) is 0 Å². The number of amides is 5. The van der Waals surface area contributed by atoms with E-state index in [1.54, 1.807) is 18.2 Å². The van der Waals surface area contributed by atoms with E-state index in [0.29, 0.717) is 10.5 Å². The van der Waals surface area contributed by atoms with E-state index in [1.165, 1.54) is 6.92 Å². The lowest BCUT2D eigenvalue weighted by molar-refractivity contribution is -0.155. The number of hydrogen-bond donors (Lipinski definition) is 4. The summed E-state index contributed by atoms with van der Waals surface area (Å²) in [5.74, 6) is -2.83. The van der Waals surface area contributed by atoms with E-state index in [2.05, 4.69) is 20.7 Å². The molecule has 11 nitrogen and oxygen atoms in total. The van der Waals surface area contributed by atoms with E-state index in [9.17, 15) is 29.1 Å². The van der Waals surface area contributed by atoms with Gasteiger partial charge in [0, 0.05) is 5.56 Å². The molecule has 11 heteroatoms. The second-order valence-electron chi connectivity index (χ2n) is 7.50. The Bertz CT molecular complexity index is 1130. The number of urea groups is 1. The first-order valence-electron chi connectivity index (χ1n) is 9.86. The van der Waals surface area contributed by atoms with Crippen LogP contribution in [0.3, 0.4) is 0 Å². The molecular formula is C21H20N4O7. The molecule has 4 N–H and O–H groups in total. The minimum Gasteiger partial charge on any atom is -0.434 e. The van der Waals surface area contributed by atoms with Crippen LogP contribution in [0.15, 0.2) is 42.5 Å². The maximum atomic E-state index is 12.7. The van der Waals surface area contributed by atoms with Crippen LogP contribution in [0.1, 0.15) is 23.7 Å². The molecule has 2 fully saturated rings. The van der Waals surface area contributed by atoms with Crippen LogP contribution in [-0.2, 0) is 19.1 Å². The van der Waals surface area contributed by atoms with Crippen LogP contribution < -0.4 is 16.0 Å². The van der Waals surface area contributed by atoms with Crippen LogP contribution in [0.5, 0.6) is 0 Å². The molecule has 4 rings (SSSR count). The molecule has 2 aliphatic heterocycles. The topological polar surface area (TPSA) is 154 Å². The van der Waals surface area contributed by atoms with Gasteiger partial charge in [0.05, 0.1) is 6.42 Å². The van der Waals surface area contributed by atoms with Gasteiger partial charge in [0.25, 0.3) is 11.8 Å². The number of rotatable bonds is 5. The van der Waals surface area contributed by atoms with Crippen molar-refractivity contribution < 1.29 is 33.8 Å². The molecule has 166 valence electrons. The Hall–Kier alpha value is -3.99. The fourth-order valence-corrected chi connectivity index (χ4v) is 3.59. The first kappa shape index (κ1) is 21.2. The van der Waals surface area contributed by atoms with Gasteiger partial charge in [0.2, 0.25) is 12.2 Å². The maximum Gasteiger partial charge on any atom is 0.326 e. The van der Waals surface area contributed by atoms with E-state index in [4.69, 9.17) is 0 Å². The number of aliphatic hydroxyl groups is 1. The molecular weight excluding hydrogens is 420 g/mol. The van der Waals surface area contributed by atoms with Crippen molar-refractivity contribution in [2.45, 2.75) is 37.9 Å². The molecule has 5 amide bonds. The van der Waals surface area contributed by atoms with Gasteiger partial charge in [0.15, 0.2) is 6.17 Å². The third-order valence-electron chi connectivity index (χ3n) is 5.34. The number of nitrogens with zero attached hydrogens (tertiary/aromatic N) is 1. The van der Waals surface area contributed by atoms with E-state index < -0.39 is 54.3 Å². The maximum absolute atomic E-state index is 12.7. The van der Waals surface area contributed by atoms with Crippen molar-refractivity contribution in [1.29, 1.82) is 0 Å². The van der Waals surface area contributed by atoms with Gasteiger partial charge in [-0.25, -0.2) is 9.69 Å². The number of benzene rings is 2. The largest absolute Gasteiger partial charge is 0.434 e. The Morgan fingerprint density at radius 3 is 2.53 bits per heavy atom. The quantitative estimate of drug-likeness (QED) is 0.364. The molecule has 0 bridgehead atoms. The van der Waals surface area contributed by atoms with E-state index >= 15 is 0 Å². The van der Waals surface area contributed by atoms with Gasteiger partial charge in [-0.1, -0.05) is 30.3 Å². The summed E-state index contributed by atoms with van der Waals surface area (Å²) in [6.45, 7) is 1.31. The standard InChI is InChI=1S/C21H20N4O7/c1-10(17(27)22-14-9-15(26)32-20(14)30)25-19(29)16(24-21(25)31)23-18(28)13-7-6-11-4-2-3-5-12(11)8-13/h2-8,10,14,16,20,30H,9H2,1H3,(H,22,27)(H,23,28)(H,24,31)/t10-,14-,16?,20?/m0/s1. The van der Waals surface area contributed by atoms with Crippen LogP contribution in [0.4, 0.5) is 4.79 Å². The summed E-state index contributed by atoms with van der Waals surface area (Å²) in [7, 11) is 0. The second kappa shape index (κ2) is 8.27. The average molecular weight is 440 g/mol. The van der Waals surface area contributed by atoms with Gasteiger partial charge < -0.3 is 25.8 Å². The zero-order chi connectivity index (χ0) is 23.0. The fraction of sp³-hybridized carbons (Fsp3) is 0.286. The van der Waals surface area contributed by atoms with Crippen LogP contribution in [0.2, 0.25) is 0 Å². The molecule has 2 saturated heterocycles. The molecule has 2 aliphatic rings. The fourth-order valence-electron chi connectivity index (χ4n) is 3.59. The number of ether oxygens (including phenoxy) is 1. The molecule has 0 radical (unpaired) electrons. The number of fused-ring (bicyclic) bond motifs is 1. The summed E-state index contributed by atoms with van der Waals surface area (Å²) >= 11 is 0. The summed E-state index contributed by atoms with van der Waals surface area (Å²) < 4.78 is 4.55. The third kappa shape index (κ3) is 3.97. The van der Waals surface area contributed by atoms with Gasteiger partial charge in [-0.2, -0.15) is 0 Å². The molecule has 32 heavy (non-hydrogen) atoms. The lowest BCUT2D eigenvalue weighted by atomic mass is 10.1. The van der Waals surface area contributed by atoms with Crippen molar-refractivity contribution in [2.75, 3.05) is 0 Å². The molecule has 4 atom stereocenters. The molecule has 2 heterocycles. The van der Waals surface area contributed by atoms with Gasteiger partial charge in [-0.3, -0.25) is 19.2 Å². The average Bonchev–Trinajstić information content (AvgIpc) is 3.23. The van der Waals surface area contributed by atoms with Crippen LogP contribution in [0.25, 0.3) is 10.8 Å². The second-order valence-corrected chi connectivity index (χ2v) is 7.50. The van der Waals surface area contributed by atoms with Gasteiger partial charge in [-0.15, -0.1) is 0 Å². The van der Waals surface area contributed by atoms with Gasteiger partial charge >= 0.3 is 12.0 Å². The Labute approximate surface area is 181 Å². The first-order valence-corrected chi connectivity index (χ1v) is 9.86. The molecule has 2 aromatic carbocycles. The predicted octanol–water partition coefficient (Wildman–Crippen LogP) is -0.414. The van der Waals surface area contributed by atoms with E-state index in [1.807, 2.05) is 24.3 Å². The molecule has 0 saturated carbocycles. The summed E-state index contributed by atoms with van der Waals surface area (Å²) in [5, 5.41) is 18.6. The highest BCUT2D eigenvalue weighted by atomic mass is 16.6. The zero-order valence-corrected chi connectivity index (χ0v) is 16.9. The third-order valence-corrected chi connectivity index (χ3v) is 5.34. The van der Waals surface area contributed by atoms with E-state index in [-0.39, 0.29) is 6.42 Å². The lowest BCUT2D eigenvalue weighted by Crippen LogP contribution is -2.53. The Kier molecular flexibility index (Phi) is 5.49. The Balaban J connectivity index is 1.42. The monoisotopic (exact) mass is 440 g/mol. The lowest BCUT2D eigenvalue weighted by Gasteiger charge is -2.23. The van der Waals surface area contributed by atoms with Crippen molar-refractivity contribution in [3.05, 3.63) is 48.0 Å². The highest BCUT2D eigenvalue weighted by Crippen LogP contribution is 2.17. The van der Waals surface area contributed by atoms with Crippen molar-refractivity contribution >= 4 is 40.5 Å². The van der Waals surface area contributed by atoms with Crippen molar-refractivity contribution in [3.63, 3.8) is 0 Å². The Morgan fingerprint density at radius 1 is 1.12 bits per heavy atom. The number of esters is 1. The summed E-state index contributed by atoms with van der Waals surface area (Å²) in [4.78, 5) is 62.0. The normalized spacial score (nSPS) is 23.6. The van der Waals surface area contributed by atoms with Crippen LogP contribution >= 0.6 is 0 Å². The van der Waals surface area contributed by atoms with Crippen molar-refractivity contribution in [1.82, 2.24) is 20.9 Å².